The van der Waals surface area contributed by atoms with Crippen LogP contribution in [0.2, 0.25) is 0 Å². The highest BCUT2D eigenvalue weighted by molar-refractivity contribution is 5.82. The van der Waals surface area contributed by atoms with Gasteiger partial charge in [0.25, 0.3) is 0 Å². The maximum absolute atomic E-state index is 11.7. The van der Waals surface area contributed by atoms with Crippen LogP contribution in [0.15, 0.2) is 12.1 Å². The monoisotopic (exact) mass is 232 g/mol. The predicted octanol–water partition coefficient (Wildman–Crippen LogP) is 3.51. The Kier molecular flexibility index (Phi) is 2.98. The fraction of sp³-hybridized carbons (Fsp3) is 0.533. The van der Waals surface area contributed by atoms with Gasteiger partial charge < -0.3 is 5.11 Å². The van der Waals surface area contributed by atoms with Gasteiger partial charge in [0.1, 0.15) is 0 Å². The number of carboxylic acid groups (broad SMARTS) is 1. The first-order chi connectivity index (χ1) is 7.97. The average molecular weight is 232 g/mol. The Balaban J connectivity index is 2.58. The van der Waals surface area contributed by atoms with Gasteiger partial charge in [0, 0.05) is 0 Å². The second kappa shape index (κ2) is 4.17. The smallest absolute Gasteiger partial charge is 0.314 e. The number of carboxylic acids is 1. The van der Waals surface area contributed by atoms with Crippen molar-refractivity contribution in [1.82, 2.24) is 0 Å². The molecule has 0 atom stereocenters. The minimum Gasteiger partial charge on any atom is -0.481 e. The number of carbonyl (C=O) groups is 1. The molecule has 0 bridgehead atoms. The lowest BCUT2D eigenvalue weighted by Crippen LogP contribution is -2.33. The molecule has 1 N–H and O–H groups in total. The minimum absolute atomic E-state index is 0.622. The van der Waals surface area contributed by atoms with Crippen LogP contribution in [0, 0.1) is 20.8 Å². The summed E-state index contributed by atoms with van der Waals surface area (Å²) in [7, 11) is 0. The molecule has 1 aromatic rings. The molecule has 0 radical (unpaired) electrons. The van der Waals surface area contributed by atoms with Gasteiger partial charge in [-0.1, -0.05) is 25.0 Å². The first-order valence-corrected chi connectivity index (χ1v) is 6.29. The third-order valence-corrected chi connectivity index (χ3v) is 4.22. The van der Waals surface area contributed by atoms with Crippen LogP contribution in [0.5, 0.6) is 0 Å². The van der Waals surface area contributed by atoms with Crippen molar-refractivity contribution in [3.05, 3.63) is 34.4 Å². The van der Waals surface area contributed by atoms with E-state index in [0.29, 0.717) is 0 Å². The Labute approximate surface area is 103 Å². The van der Waals surface area contributed by atoms with E-state index in [1.54, 1.807) is 0 Å². The molecule has 17 heavy (non-hydrogen) atoms. The third-order valence-electron chi connectivity index (χ3n) is 4.22. The zero-order valence-corrected chi connectivity index (χ0v) is 10.8. The quantitative estimate of drug-likeness (QED) is 0.847. The normalized spacial score (nSPS) is 18.3. The molecule has 2 heteroatoms. The average Bonchev–Trinajstić information content (AvgIpc) is 2.73. The number of rotatable bonds is 2. The summed E-state index contributed by atoms with van der Waals surface area (Å²) in [5.41, 5.74) is 3.97. The lowest BCUT2D eigenvalue weighted by atomic mass is 9.76. The van der Waals surface area contributed by atoms with E-state index < -0.39 is 11.4 Å². The van der Waals surface area contributed by atoms with E-state index in [9.17, 15) is 9.90 Å². The molecular weight excluding hydrogens is 212 g/mol. The van der Waals surface area contributed by atoms with Crippen molar-refractivity contribution in [1.29, 1.82) is 0 Å². The van der Waals surface area contributed by atoms with Crippen molar-refractivity contribution in [2.45, 2.75) is 51.9 Å². The standard InChI is InChI=1S/C15H20O2/c1-10-8-12(3)13(9-11(10)2)15(14(16)17)6-4-5-7-15/h8-9H,4-7H2,1-3H3,(H,16,17). The molecular formula is C15H20O2. The molecule has 0 unspecified atom stereocenters. The van der Waals surface area contributed by atoms with Crippen LogP contribution < -0.4 is 0 Å². The summed E-state index contributed by atoms with van der Waals surface area (Å²) in [5, 5.41) is 9.60. The van der Waals surface area contributed by atoms with Gasteiger partial charge in [-0.25, -0.2) is 0 Å². The van der Waals surface area contributed by atoms with E-state index in [-0.39, 0.29) is 0 Å². The third kappa shape index (κ3) is 1.86. The Morgan fingerprint density at radius 2 is 1.59 bits per heavy atom. The maximum Gasteiger partial charge on any atom is 0.314 e. The predicted molar refractivity (Wildman–Crippen MR) is 68.4 cm³/mol. The first kappa shape index (κ1) is 12.2. The molecule has 0 aromatic heterocycles. The second-order valence-electron chi connectivity index (χ2n) is 5.35. The minimum atomic E-state index is -0.652. The highest BCUT2D eigenvalue weighted by Crippen LogP contribution is 2.43. The van der Waals surface area contributed by atoms with Gasteiger partial charge in [-0.2, -0.15) is 0 Å². The van der Waals surface area contributed by atoms with Crippen LogP contribution in [0.25, 0.3) is 0 Å². The summed E-state index contributed by atoms with van der Waals surface area (Å²) in [4.78, 5) is 11.7. The summed E-state index contributed by atoms with van der Waals surface area (Å²) in [5.74, 6) is -0.652. The summed E-state index contributed by atoms with van der Waals surface area (Å²) >= 11 is 0. The summed E-state index contributed by atoms with van der Waals surface area (Å²) in [6.45, 7) is 6.17. The summed E-state index contributed by atoms with van der Waals surface area (Å²) in [6.07, 6.45) is 3.62. The SMILES string of the molecule is Cc1cc(C)c(C2(C(=O)O)CCCC2)cc1C. The molecule has 2 nitrogen and oxygen atoms in total. The molecule has 0 heterocycles. The summed E-state index contributed by atoms with van der Waals surface area (Å²) < 4.78 is 0. The molecule has 0 aliphatic heterocycles. The van der Waals surface area contributed by atoms with E-state index in [0.717, 1.165) is 36.8 Å². The molecule has 92 valence electrons. The van der Waals surface area contributed by atoms with Crippen molar-refractivity contribution in [3.8, 4) is 0 Å². The van der Waals surface area contributed by atoms with Gasteiger partial charge in [-0.05, 0) is 55.9 Å². The van der Waals surface area contributed by atoms with Gasteiger partial charge in [0.05, 0.1) is 5.41 Å². The van der Waals surface area contributed by atoms with Crippen molar-refractivity contribution >= 4 is 5.97 Å². The maximum atomic E-state index is 11.7. The molecule has 1 aromatic carbocycles. The highest BCUT2D eigenvalue weighted by atomic mass is 16.4. The molecule has 0 spiro atoms. The van der Waals surface area contributed by atoms with Gasteiger partial charge in [-0.15, -0.1) is 0 Å². The zero-order valence-electron chi connectivity index (χ0n) is 10.8. The van der Waals surface area contributed by atoms with E-state index in [4.69, 9.17) is 0 Å². The molecule has 0 saturated heterocycles. The first-order valence-electron chi connectivity index (χ1n) is 6.29. The number of aryl methyl sites for hydroxylation is 3. The highest BCUT2D eigenvalue weighted by Gasteiger charge is 2.43. The largest absolute Gasteiger partial charge is 0.481 e. The number of aliphatic carboxylic acids is 1. The van der Waals surface area contributed by atoms with Crippen molar-refractivity contribution in [2.24, 2.45) is 0 Å². The Morgan fingerprint density at radius 3 is 2.12 bits per heavy atom. The Bertz CT molecular complexity index is 454. The Morgan fingerprint density at radius 1 is 1.06 bits per heavy atom. The Hall–Kier alpha value is -1.31. The molecule has 1 saturated carbocycles. The topological polar surface area (TPSA) is 37.3 Å². The molecule has 1 aliphatic rings. The van der Waals surface area contributed by atoms with Gasteiger partial charge in [-0.3, -0.25) is 4.79 Å². The molecule has 0 amide bonds. The summed E-state index contributed by atoms with van der Waals surface area (Å²) in [6, 6.07) is 4.21. The second-order valence-corrected chi connectivity index (χ2v) is 5.35. The zero-order chi connectivity index (χ0) is 12.6. The van der Waals surface area contributed by atoms with E-state index in [1.165, 1.54) is 11.1 Å². The van der Waals surface area contributed by atoms with Crippen LogP contribution in [-0.2, 0) is 10.2 Å². The van der Waals surface area contributed by atoms with Crippen LogP contribution in [0.3, 0.4) is 0 Å². The van der Waals surface area contributed by atoms with Gasteiger partial charge in [0.2, 0.25) is 0 Å². The van der Waals surface area contributed by atoms with Crippen LogP contribution in [0.4, 0.5) is 0 Å². The molecule has 2 rings (SSSR count). The molecule has 1 aliphatic carbocycles. The lowest BCUT2D eigenvalue weighted by Gasteiger charge is -2.27. The fourth-order valence-electron chi connectivity index (χ4n) is 3.05. The van der Waals surface area contributed by atoms with E-state index in [1.807, 2.05) is 6.92 Å². The van der Waals surface area contributed by atoms with Crippen LogP contribution in [-0.4, -0.2) is 11.1 Å². The fourth-order valence-corrected chi connectivity index (χ4v) is 3.05. The number of hydrogen-bond acceptors (Lipinski definition) is 1. The van der Waals surface area contributed by atoms with E-state index >= 15 is 0 Å². The number of hydrogen-bond donors (Lipinski definition) is 1. The lowest BCUT2D eigenvalue weighted by molar-refractivity contribution is -0.143. The van der Waals surface area contributed by atoms with Gasteiger partial charge in [0.15, 0.2) is 0 Å². The van der Waals surface area contributed by atoms with Gasteiger partial charge >= 0.3 is 5.97 Å². The van der Waals surface area contributed by atoms with Crippen molar-refractivity contribution < 1.29 is 9.90 Å². The van der Waals surface area contributed by atoms with Crippen LogP contribution in [0.1, 0.15) is 47.9 Å². The number of benzene rings is 1. The molecule has 1 fully saturated rings. The van der Waals surface area contributed by atoms with Crippen LogP contribution >= 0.6 is 0 Å². The van der Waals surface area contributed by atoms with E-state index in [2.05, 4.69) is 26.0 Å². The van der Waals surface area contributed by atoms with Crippen molar-refractivity contribution in [2.75, 3.05) is 0 Å². The van der Waals surface area contributed by atoms with Crippen molar-refractivity contribution in [3.63, 3.8) is 0 Å².